The minimum absolute atomic E-state index is 0.0469. The predicted molar refractivity (Wildman–Crippen MR) is 101 cm³/mol. The van der Waals surface area contributed by atoms with E-state index in [1.165, 1.54) is 0 Å². The first-order valence-electron chi connectivity index (χ1n) is 8.58. The molecular formula is C19H25N3O2S. The maximum Gasteiger partial charge on any atom is 0.410 e. The van der Waals surface area contributed by atoms with Crippen molar-refractivity contribution >= 4 is 17.4 Å². The molecule has 2 atom stereocenters. The van der Waals surface area contributed by atoms with Crippen molar-refractivity contribution in [2.75, 3.05) is 6.54 Å². The Kier molecular flexibility index (Phi) is 5.11. The Morgan fingerprint density at radius 3 is 2.76 bits per heavy atom. The Morgan fingerprint density at radius 1 is 1.36 bits per heavy atom. The van der Waals surface area contributed by atoms with E-state index in [0.717, 1.165) is 22.7 Å². The van der Waals surface area contributed by atoms with E-state index in [1.54, 1.807) is 16.2 Å². The molecule has 0 bridgehead atoms. The molecule has 2 heterocycles. The quantitative estimate of drug-likeness (QED) is 0.907. The lowest BCUT2D eigenvalue weighted by molar-refractivity contribution is 0.0220. The van der Waals surface area contributed by atoms with Crippen LogP contribution in [-0.2, 0) is 11.2 Å². The number of amides is 1. The molecule has 25 heavy (non-hydrogen) atoms. The average Bonchev–Trinajstić information content (AvgIpc) is 3.15. The standard InChI is InChI=1S/C19H25N3O2S/c1-19(2,3)24-18(23)22-10-9-15(20)16(22)11-14-12-25-17(21-14)13-7-5-4-6-8-13/h4-8,12,15-16H,9-11,20H2,1-3H3. The Morgan fingerprint density at radius 2 is 2.08 bits per heavy atom. The SMILES string of the molecule is CC(C)(C)OC(=O)N1CCC(N)C1Cc1csc(-c2ccccc2)n1. The van der Waals surface area contributed by atoms with Crippen molar-refractivity contribution in [3.05, 3.63) is 41.4 Å². The number of carbonyl (C=O) groups excluding carboxylic acids is 1. The molecule has 1 aromatic carbocycles. The summed E-state index contributed by atoms with van der Waals surface area (Å²) in [6.07, 6.45) is 1.16. The van der Waals surface area contributed by atoms with Crippen LogP contribution in [0.25, 0.3) is 10.6 Å². The lowest BCUT2D eigenvalue weighted by Gasteiger charge is -2.29. The van der Waals surface area contributed by atoms with Crippen LogP contribution in [0.3, 0.4) is 0 Å². The molecule has 0 radical (unpaired) electrons. The molecule has 1 aromatic heterocycles. The van der Waals surface area contributed by atoms with Gasteiger partial charge < -0.3 is 15.4 Å². The average molecular weight is 359 g/mol. The summed E-state index contributed by atoms with van der Waals surface area (Å²) in [4.78, 5) is 19.0. The van der Waals surface area contributed by atoms with Crippen LogP contribution in [0, 0.1) is 0 Å². The van der Waals surface area contributed by atoms with Crippen LogP contribution in [-0.4, -0.2) is 40.2 Å². The van der Waals surface area contributed by atoms with Crippen molar-refractivity contribution in [1.29, 1.82) is 0 Å². The van der Waals surface area contributed by atoms with E-state index in [4.69, 9.17) is 15.5 Å². The highest BCUT2D eigenvalue weighted by atomic mass is 32.1. The first-order valence-corrected chi connectivity index (χ1v) is 9.46. The van der Waals surface area contributed by atoms with Crippen LogP contribution in [0.1, 0.15) is 32.9 Å². The van der Waals surface area contributed by atoms with Gasteiger partial charge in [0.1, 0.15) is 10.6 Å². The number of thiazole rings is 1. The Bertz CT molecular complexity index is 724. The number of ether oxygens (including phenoxy) is 1. The van der Waals surface area contributed by atoms with Crippen LogP contribution in [0.15, 0.2) is 35.7 Å². The van der Waals surface area contributed by atoms with Gasteiger partial charge in [0, 0.05) is 30.0 Å². The number of nitrogens with zero attached hydrogens (tertiary/aromatic N) is 2. The van der Waals surface area contributed by atoms with E-state index in [-0.39, 0.29) is 18.2 Å². The summed E-state index contributed by atoms with van der Waals surface area (Å²) in [7, 11) is 0. The molecule has 6 heteroatoms. The van der Waals surface area contributed by atoms with Gasteiger partial charge in [-0.2, -0.15) is 0 Å². The smallest absolute Gasteiger partial charge is 0.410 e. The summed E-state index contributed by atoms with van der Waals surface area (Å²) in [5.74, 6) is 0. The first-order chi connectivity index (χ1) is 11.8. The van der Waals surface area contributed by atoms with E-state index in [0.29, 0.717) is 13.0 Å². The molecule has 1 saturated heterocycles. The first kappa shape index (κ1) is 17.9. The molecule has 0 aliphatic carbocycles. The second kappa shape index (κ2) is 7.14. The number of likely N-dealkylation sites (tertiary alicyclic amines) is 1. The number of aromatic nitrogens is 1. The molecule has 134 valence electrons. The van der Waals surface area contributed by atoms with Gasteiger partial charge in [0.25, 0.3) is 0 Å². The van der Waals surface area contributed by atoms with E-state index < -0.39 is 5.60 Å². The normalized spacial score (nSPS) is 20.7. The minimum atomic E-state index is -0.505. The van der Waals surface area contributed by atoms with Gasteiger partial charge in [-0.3, -0.25) is 0 Å². The van der Waals surface area contributed by atoms with Crippen LogP contribution in [0.2, 0.25) is 0 Å². The maximum absolute atomic E-state index is 12.5. The Labute approximate surface area is 152 Å². The molecule has 2 N–H and O–H groups in total. The Balaban J connectivity index is 1.72. The molecule has 5 nitrogen and oxygen atoms in total. The van der Waals surface area contributed by atoms with Crippen LogP contribution in [0.4, 0.5) is 4.79 Å². The van der Waals surface area contributed by atoms with Gasteiger partial charge in [-0.1, -0.05) is 30.3 Å². The number of benzene rings is 1. The highest BCUT2D eigenvalue weighted by Gasteiger charge is 2.37. The molecule has 2 unspecified atom stereocenters. The van der Waals surface area contributed by atoms with Crippen LogP contribution < -0.4 is 5.73 Å². The monoisotopic (exact) mass is 359 g/mol. The fraction of sp³-hybridized carbons (Fsp3) is 0.474. The number of carbonyl (C=O) groups is 1. The van der Waals surface area contributed by atoms with Gasteiger partial charge in [0.15, 0.2) is 0 Å². The zero-order chi connectivity index (χ0) is 18.0. The molecule has 1 aliphatic heterocycles. The predicted octanol–water partition coefficient (Wildman–Crippen LogP) is 3.69. The van der Waals surface area contributed by atoms with E-state index in [2.05, 4.69) is 17.5 Å². The maximum atomic E-state index is 12.5. The van der Waals surface area contributed by atoms with Gasteiger partial charge in [-0.05, 0) is 27.2 Å². The molecule has 0 spiro atoms. The number of rotatable bonds is 3. The van der Waals surface area contributed by atoms with Gasteiger partial charge in [-0.15, -0.1) is 11.3 Å². The second-order valence-corrected chi connectivity index (χ2v) is 8.27. The third-order valence-corrected chi connectivity index (χ3v) is 5.16. The topological polar surface area (TPSA) is 68.5 Å². The lowest BCUT2D eigenvalue weighted by atomic mass is 10.1. The summed E-state index contributed by atoms with van der Waals surface area (Å²) in [5, 5.41) is 3.05. The van der Waals surface area contributed by atoms with Crippen molar-refractivity contribution in [2.45, 2.75) is 51.3 Å². The third-order valence-electron chi connectivity index (χ3n) is 4.22. The van der Waals surface area contributed by atoms with Gasteiger partial charge in [0.2, 0.25) is 0 Å². The fourth-order valence-corrected chi connectivity index (χ4v) is 3.85. The third kappa shape index (κ3) is 4.38. The summed E-state index contributed by atoms with van der Waals surface area (Å²) in [5.41, 5.74) is 7.84. The number of nitrogens with two attached hydrogens (primary N) is 1. The zero-order valence-corrected chi connectivity index (χ0v) is 15.8. The lowest BCUT2D eigenvalue weighted by Crippen LogP contribution is -2.46. The van der Waals surface area contributed by atoms with E-state index >= 15 is 0 Å². The number of hydrogen-bond donors (Lipinski definition) is 1. The Hall–Kier alpha value is -1.92. The fourth-order valence-electron chi connectivity index (χ4n) is 3.01. The molecule has 2 aromatic rings. The van der Waals surface area contributed by atoms with Crippen molar-refractivity contribution in [2.24, 2.45) is 5.73 Å². The summed E-state index contributed by atoms with van der Waals surface area (Å²) in [6.45, 7) is 6.27. The van der Waals surface area contributed by atoms with Crippen molar-refractivity contribution < 1.29 is 9.53 Å². The largest absolute Gasteiger partial charge is 0.444 e. The number of hydrogen-bond acceptors (Lipinski definition) is 5. The molecule has 3 rings (SSSR count). The minimum Gasteiger partial charge on any atom is -0.444 e. The highest BCUT2D eigenvalue weighted by Crippen LogP contribution is 2.27. The second-order valence-electron chi connectivity index (χ2n) is 7.41. The van der Waals surface area contributed by atoms with Gasteiger partial charge in [-0.25, -0.2) is 9.78 Å². The van der Waals surface area contributed by atoms with Crippen molar-refractivity contribution in [3.63, 3.8) is 0 Å². The van der Waals surface area contributed by atoms with Crippen LogP contribution >= 0.6 is 11.3 Å². The molecule has 1 fully saturated rings. The van der Waals surface area contributed by atoms with Crippen molar-refractivity contribution in [1.82, 2.24) is 9.88 Å². The summed E-state index contributed by atoms with van der Waals surface area (Å²) >= 11 is 1.62. The van der Waals surface area contributed by atoms with Gasteiger partial charge in [0.05, 0.1) is 11.7 Å². The van der Waals surface area contributed by atoms with E-state index in [9.17, 15) is 4.79 Å². The van der Waals surface area contributed by atoms with E-state index in [1.807, 2.05) is 39.0 Å². The van der Waals surface area contributed by atoms with Gasteiger partial charge >= 0.3 is 6.09 Å². The van der Waals surface area contributed by atoms with Crippen LogP contribution in [0.5, 0.6) is 0 Å². The molecule has 0 saturated carbocycles. The summed E-state index contributed by atoms with van der Waals surface area (Å²) < 4.78 is 5.53. The van der Waals surface area contributed by atoms with Crippen molar-refractivity contribution in [3.8, 4) is 10.6 Å². The molecule has 1 amide bonds. The summed E-state index contributed by atoms with van der Waals surface area (Å²) in [6, 6.07) is 10.00. The highest BCUT2D eigenvalue weighted by molar-refractivity contribution is 7.13. The molecular weight excluding hydrogens is 334 g/mol. The molecule has 1 aliphatic rings. The zero-order valence-electron chi connectivity index (χ0n) is 14.9.